The molecule has 0 saturated heterocycles. The van der Waals surface area contributed by atoms with Gasteiger partial charge in [0, 0.05) is 27.7 Å². The lowest BCUT2D eigenvalue weighted by Crippen LogP contribution is -2.31. The van der Waals surface area contributed by atoms with E-state index in [0.29, 0.717) is 50.8 Å². The lowest BCUT2D eigenvalue weighted by atomic mass is 9.73. The summed E-state index contributed by atoms with van der Waals surface area (Å²) < 4.78 is 22.9. The number of rotatable bonds is 7. The number of imide groups is 1. The third-order valence-corrected chi connectivity index (χ3v) is 7.51. The number of carbonyl (C=O) groups is 3. The van der Waals surface area contributed by atoms with Crippen LogP contribution >= 0.6 is 0 Å². The van der Waals surface area contributed by atoms with Crippen LogP contribution in [0.4, 0.5) is 0 Å². The average Bonchev–Trinajstić information content (AvgIpc) is 3.18. The summed E-state index contributed by atoms with van der Waals surface area (Å²) in [5.74, 6) is 0.615. The highest BCUT2D eigenvalue weighted by atomic mass is 16.5. The summed E-state index contributed by atoms with van der Waals surface area (Å²) in [4.78, 5) is 40.1. The molecular formula is C31H29NO7. The van der Waals surface area contributed by atoms with Crippen molar-refractivity contribution in [3.8, 4) is 23.0 Å². The molecule has 200 valence electrons. The molecule has 0 aromatic heterocycles. The van der Waals surface area contributed by atoms with Gasteiger partial charge in [-0.3, -0.25) is 19.3 Å². The molecule has 2 aliphatic rings. The molecule has 5 rings (SSSR count). The first-order valence-electron chi connectivity index (χ1n) is 12.4. The zero-order chi connectivity index (χ0) is 28.1. The van der Waals surface area contributed by atoms with Crippen molar-refractivity contribution in [2.45, 2.75) is 32.2 Å². The monoisotopic (exact) mass is 527 g/mol. The van der Waals surface area contributed by atoms with Gasteiger partial charge in [0.2, 0.25) is 0 Å². The second-order valence-corrected chi connectivity index (χ2v) is 9.90. The molecule has 39 heavy (non-hydrogen) atoms. The average molecular weight is 528 g/mol. The molecule has 2 heterocycles. The minimum absolute atomic E-state index is 0.0656. The van der Waals surface area contributed by atoms with Gasteiger partial charge >= 0.3 is 5.97 Å². The first-order chi connectivity index (χ1) is 18.7. The van der Waals surface area contributed by atoms with Crippen molar-refractivity contribution in [1.82, 2.24) is 4.90 Å². The standard InChI is InChI=1S/C31H29NO7/c1-7-17-14-23-28(21(26(17)38-6)16-32-29(34)18-10-8-9-11-19(18)30(32)35)39-27-20(15-25(33)37-5)24(36-4)13-12-22(27)31(23,2)3/h7-14H,1,15-16H2,2-6H3. The van der Waals surface area contributed by atoms with E-state index in [2.05, 4.69) is 6.58 Å². The van der Waals surface area contributed by atoms with E-state index >= 15 is 0 Å². The zero-order valence-corrected chi connectivity index (χ0v) is 22.5. The highest BCUT2D eigenvalue weighted by Crippen LogP contribution is 2.54. The van der Waals surface area contributed by atoms with Crippen LogP contribution in [0.1, 0.15) is 62.4 Å². The number of esters is 1. The summed E-state index contributed by atoms with van der Waals surface area (Å²) in [5.41, 5.74) is 3.54. The number of hydrogen-bond donors (Lipinski definition) is 0. The quantitative estimate of drug-likeness (QED) is 0.305. The first-order valence-corrected chi connectivity index (χ1v) is 12.4. The fourth-order valence-electron chi connectivity index (χ4n) is 5.43. The Morgan fingerprint density at radius 2 is 1.59 bits per heavy atom. The smallest absolute Gasteiger partial charge is 0.310 e. The van der Waals surface area contributed by atoms with E-state index in [9.17, 15) is 14.4 Å². The molecular weight excluding hydrogens is 498 g/mol. The van der Waals surface area contributed by atoms with E-state index in [1.807, 2.05) is 32.0 Å². The minimum atomic E-state index is -0.596. The molecule has 0 radical (unpaired) electrons. The van der Waals surface area contributed by atoms with Gasteiger partial charge in [0.25, 0.3) is 11.8 Å². The van der Waals surface area contributed by atoms with E-state index in [-0.39, 0.29) is 24.8 Å². The number of carbonyl (C=O) groups excluding carboxylic acids is 3. The fourth-order valence-corrected chi connectivity index (χ4v) is 5.43. The number of fused-ring (bicyclic) bond motifs is 3. The van der Waals surface area contributed by atoms with E-state index in [0.717, 1.165) is 11.1 Å². The van der Waals surface area contributed by atoms with Crippen LogP contribution in [0.25, 0.3) is 6.08 Å². The maximum Gasteiger partial charge on any atom is 0.310 e. The number of hydrogen-bond acceptors (Lipinski definition) is 7. The Hall–Kier alpha value is -4.59. The Balaban J connectivity index is 1.72. The predicted octanol–water partition coefficient (Wildman–Crippen LogP) is 5.29. The normalized spacial score (nSPS) is 14.6. The molecule has 3 aromatic carbocycles. The Morgan fingerprint density at radius 3 is 2.15 bits per heavy atom. The van der Waals surface area contributed by atoms with Crippen LogP contribution in [0.15, 0.2) is 49.0 Å². The summed E-state index contributed by atoms with van der Waals surface area (Å²) in [7, 11) is 4.37. The Labute approximate surface area is 226 Å². The lowest BCUT2D eigenvalue weighted by Gasteiger charge is -2.38. The SMILES string of the molecule is C=Cc1cc2c(c(CN3C(=O)c4ccccc4C3=O)c1OC)Oc1c(ccc(OC)c1CC(=O)OC)C2(C)C. The number of ether oxygens (including phenoxy) is 4. The van der Waals surface area contributed by atoms with Crippen molar-refractivity contribution >= 4 is 23.9 Å². The van der Waals surface area contributed by atoms with Crippen molar-refractivity contribution in [2.75, 3.05) is 21.3 Å². The van der Waals surface area contributed by atoms with Gasteiger partial charge in [-0.25, -0.2) is 0 Å². The Bertz CT molecular complexity index is 1520. The molecule has 0 spiro atoms. The van der Waals surface area contributed by atoms with E-state index in [1.165, 1.54) is 26.2 Å². The fraction of sp³-hybridized carbons (Fsp3) is 0.258. The Kier molecular flexibility index (Phi) is 6.42. The van der Waals surface area contributed by atoms with Gasteiger partial charge in [0.05, 0.1) is 51.0 Å². The topological polar surface area (TPSA) is 91.4 Å². The van der Waals surface area contributed by atoms with Crippen LogP contribution in [-0.2, 0) is 27.9 Å². The van der Waals surface area contributed by atoms with Crippen molar-refractivity contribution in [3.63, 3.8) is 0 Å². The third-order valence-electron chi connectivity index (χ3n) is 7.51. The number of amides is 2. The van der Waals surface area contributed by atoms with Crippen molar-refractivity contribution in [3.05, 3.63) is 88.0 Å². The highest BCUT2D eigenvalue weighted by molar-refractivity contribution is 6.21. The summed E-state index contributed by atoms with van der Waals surface area (Å²) in [6, 6.07) is 12.4. The molecule has 0 saturated carbocycles. The van der Waals surface area contributed by atoms with Gasteiger partial charge in [-0.1, -0.05) is 44.7 Å². The van der Waals surface area contributed by atoms with Crippen LogP contribution < -0.4 is 14.2 Å². The molecule has 0 bridgehead atoms. The van der Waals surface area contributed by atoms with Crippen LogP contribution in [-0.4, -0.2) is 44.0 Å². The largest absolute Gasteiger partial charge is 0.496 e. The molecule has 0 unspecified atom stereocenters. The zero-order valence-electron chi connectivity index (χ0n) is 22.5. The van der Waals surface area contributed by atoms with Gasteiger partial charge in [-0.15, -0.1) is 0 Å². The number of nitrogens with zero attached hydrogens (tertiary/aromatic N) is 1. The second kappa shape index (κ2) is 9.62. The van der Waals surface area contributed by atoms with Gasteiger partial charge in [0.1, 0.15) is 23.0 Å². The van der Waals surface area contributed by atoms with Crippen LogP contribution in [0, 0.1) is 0 Å². The molecule has 3 aromatic rings. The van der Waals surface area contributed by atoms with Gasteiger partial charge in [-0.05, 0) is 24.3 Å². The minimum Gasteiger partial charge on any atom is -0.496 e. The van der Waals surface area contributed by atoms with Crippen molar-refractivity contribution in [1.29, 1.82) is 0 Å². The number of methoxy groups -OCH3 is 3. The molecule has 0 fully saturated rings. The van der Waals surface area contributed by atoms with Gasteiger partial charge in [-0.2, -0.15) is 0 Å². The summed E-state index contributed by atoms with van der Waals surface area (Å²) >= 11 is 0. The number of benzene rings is 3. The Morgan fingerprint density at radius 1 is 0.949 bits per heavy atom. The summed E-state index contributed by atoms with van der Waals surface area (Å²) in [5, 5.41) is 0. The van der Waals surface area contributed by atoms with E-state index in [1.54, 1.807) is 30.3 Å². The molecule has 2 amide bonds. The third kappa shape index (κ3) is 3.94. The molecule has 0 atom stereocenters. The molecule has 8 nitrogen and oxygen atoms in total. The summed E-state index contributed by atoms with van der Waals surface area (Å²) in [6.07, 6.45) is 1.61. The molecule has 8 heteroatoms. The predicted molar refractivity (Wildman–Crippen MR) is 145 cm³/mol. The highest BCUT2D eigenvalue weighted by Gasteiger charge is 2.42. The molecule has 0 aliphatic carbocycles. The first kappa shape index (κ1) is 26.0. The van der Waals surface area contributed by atoms with Crippen LogP contribution in [0.3, 0.4) is 0 Å². The summed E-state index contributed by atoms with van der Waals surface area (Å²) in [6.45, 7) is 7.97. The van der Waals surface area contributed by atoms with E-state index < -0.39 is 11.4 Å². The maximum atomic E-state index is 13.3. The second-order valence-electron chi connectivity index (χ2n) is 9.90. The molecule has 2 aliphatic heterocycles. The van der Waals surface area contributed by atoms with Crippen molar-refractivity contribution < 1.29 is 33.3 Å². The lowest BCUT2D eigenvalue weighted by molar-refractivity contribution is -0.139. The van der Waals surface area contributed by atoms with E-state index in [4.69, 9.17) is 18.9 Å². The molecule has 0 N–H and O–H groups in total. The van der Waals surface area contributed by atoms with Gasteiger partial charge < -0.3 is 18.9 Å². The van der Waals surface area contributed by atoms with Gasteiger partial charge in [0.15, 0.2) is 0 Å². The van der Waals surface area contributed by atoms with Crippen LogP contribution in [0.5, 0.6) is 23.0 Å². The maximum absolute atomic E-state index is 13.3. The van der Waals surface area contributed by atoms with Crippen molar-refractivity contribution in [2.24, 2.45) is 0 Å². The van der Waals surface area contributed by atoms with Crippen LogP contribution in [0.2, 0.25) is 0 Å².